The monoisotopic (exact) mass is 355 g/mol. The van der Waals surface area contributed by atoms with Gasteiger partial charge in [0.15, 0.2) is 6.61 Å². The van der Waals surface area contributed by atoms with Crippen LogP contribution in [0.3, 0.4) is 0 Å². The van der Waals surface area contributed by atoms with E-state index in [2.05, 4.69) is 5.32 Å². The summed E-state index contributed by atoms with van der Waals surface area (Å²) in [6, 6.07) is 16.4. The third-order valence-corrected chi connectivity index (χ3v) is 4.10. The highest BCUT2D eigenvalue weighted by Gasteiger charge is 2.16. The van der Waals surface area contributed by atoms with Gasteiger partial charge in [-0.3, -0.25) is 4.79 Å². The number of nitrogens with one attached hydrogen (secondary N) is 1. The lowest BCUT2D eigenvalue weighted by Gasteiger charge is -2.17. The Hall–Kier alpha value is -2.82. The van der Waals surface area contributed by atoms with Crippen molar-refractivity contribution >= 4 is 11.9 Å². The first-order chi connectivity index (χ1) is 12.5. The molecule has 138 valence electrons. The molecule has 2 aromatic carbocycles. The van der Waals surface area contributed by atoms with Crippen LogP contribution in [0.4, 0.5) is 0 Å². The minimum absolute atomic E-state index is 0.0211. The molecule has 1 atom stereocenters. The molecule has 2 rings (SSSR count). The van der Waals surface area contributed by atoms with Gasteiger partial charge in [-0.25, -0.2) is 4.79 Å². The van der Waals surface area contributed by atoms with Crippen LogP contribution in [0.5, 0.6) is 5.75 Å². The van der Waals surface area contributed by atoms with E-state index in [1.54, 1.807) is 18.2 Å². The molecular formula is C21H25NO4. The van der Waals surface area contributed by atoms with Crippen molar-refractivity contribution in [2.24, 2.45) is 5.92 Å². The standard InChI is InChI=1S/C21H25NO4/c1-15(2)16(3)22-20(23)14-26-21(24)19-12-8-7-9-17(19)13-25-18-10-5-4-6-11-18/h4-12,15-16H,13-14H2,1-3H3,(H,22,23)/t16-/m0/s1. The van der Waals surface area contributed by atoms with E-state index in [-0.39, 0.29) is 25.2 Å². The third kappa shape index (κ3) is 5.92. The Labute approximate surface area is 154 Å². The first-order valence-electron chi connectivity index (χ1n) is 8.69. The molecule has 5 heteroatoms. The van der Waals surface area contributed by atoms with Crippen LogP contribution in [0.25, 0.3) is 0 Å². The molecule has 0 spiro atoms. The second-order valence-electron chi connectivity index (χ2n) is 6.44. The Morgan fingerprint density at radius 1 is 0.962 bits per heavy atom. The van der Waals surface area contributed by atoms with Crippen LogP contribution in [0.15, 0.2) is 54.6 Å². The molecule has 1 N–H and O–H groups in total. The third-order valence-electron chi connectivity index (χ3n) is 4.10. The first kappa shape index (κ1) is 19.5. The predicted octanol–water partition coefficient (Wildman–Crippen LogP) is 3.58. The molecule has 0 aliphatic carbocycles. The predicted molar refractivity (Wildman–Crippen MR) is 99.9 cm³/mol. The van der Waals surface area contributed by atoms with Crippen molar-refractivity contribution < 1.29 is 19.1 Å². The van der Waals surface area contributed by atoms with Gasteiger partial charge >= 0.3 is 5.97 Å². The average molecular weight is 355 g/mol. The summed E-state index contributed by atoms with van der Waals surface area (Å²) in [5.41, 5.74) is 1.10. The van der Waals surface area contributed by atoms with E-state index in [9.17, 15) is 9.59 Å². The normalized spacial score (nSPS) is 11.7. The van der Waals surface area contributed by atoms with Crippen LogP contribution in [-0.4, -0.2) is 24.5 Å². The molecule has 0 radical (unpaired) electrons. The molecule has 0 bridgehead atoms. The summed E-state index contributed by atoms with van der Waals surface area (Å²) < 4.78 is 10.9. The second kappa shape index (κ2) is 9.61. The van der Waals surface area contributed by atoms with Gasteiger partial charge in [-0.15, -0.1) is 0 Å². The van der Waals surface area contributed by atoms with Gasteiger partial charge in [0.05, 0.1) is 5.56 Å². The van der Waals surface area contributed by atoms with Crippen molar-refractivity contribution in [1.82, 2.24) is 5.32 Å². The largest absolute Gasteiger partial charge is 0.489 e. The minimum atomic E-state index is -0.537. The van der Waals surface area contributed by atoms with Gasteiger partial charge in [0.25, 0.3) is 5.91 Å². The van der Waals surface area contributed by atoms with Gasteiger partial charge in [0.1, 0.15) is 12.4 Å². The summed E-state index contributed by atoms with van der Waals surface area (Å²) in [5, 5.41) is 2.81. The Kier molecular flexibility index (Phi) is 7.21. The zero-order chi connectivity index (χ0) is 18.9. The smallest absolute Gasteiger partial charge is 0.339 e. The molecule has 0 aliphatic heterocycles. The maximum atomic E-state index is 12.3. The highest BCUT2D eigenvalue weighted by atomic mass is 16.5. The summed E-state index contributed by atoms with van der Waals surface area (Å²) in [6.07, 6.45) is 0. The zero-order valence-corrected chi connectivity index (χ0v) is 15.4. The number of carbonyl (C=O) groups excluding carboxylic acids is 2. The Bertz CT molecular complexity index is 728. The molecule has 0 aliphatic rings. The second-order valence-corrected chi connectivity index (χ2v) is 6.44. The molecule has 0 fully saturated rings. The lowest BCUT2D eigenvalue weighted by molar-refractivity contribution is -0.125. The van der Waals surface area contributed by atoms with Crippen LogP contribution in [0, 0.1) is 5.92 Å². The fourth-order valence-electron chi connectivity index (χ4n) is 2.19. The number of hydrogen-bond donors (Lipinski definition) is 1. The quantitative estimate of drug-likeness (QED) is 0.735. The summed E-state index contributed by atoms with van der Waals surface area (Å²) in [4.78, 5) is 24.2. The molecule has 0 saturated carbocycles. The number of ether oxygens (including phenoxy) is 2. The van der Waals surface area contributed by atoms with Gasteiger partial charge in [0.2, 0.25) is 0 Å². The molecule has 0 heterocycles. The highest BCUT2D eigenvalue weighted by molar-refractivity contribution is 5.92. The number of para-hydroxylation sites is 1. The zero-order valence-electron chi connectivity index (χ0n) is 15.4. The molecule has 5 nitrogen and oxygen atoms in total. The summed E-state index contributed by atoms with van der Waals surface area (Å²) in [6.45, 7) is 5.89. The number of amides is 1. The Morgan fingerprint density at radius 2 is 1.62 bits per heavy atom. The van der Waals surface area contributed by atoms with E-state index in [1.807, 2.05) is 57.2 Å². The van der Waals surface area contributed by atoms with Crippen molar-refractivity contribution in [3.05, 3.63) is 65.7 Å². The molecule has 0 aromatic heterocycles. The fraction of sp³-hybridized carbons (Fsp3) is 0.333. The van der Waals surface area contributed by atoms with E-state index in [1.165, 1.54) is 0 Å². The topological polar surface area (TPSA) is 64.6 Å². The summed E-state index contributed by atoms with van der Waals surface area (Å²) >= 11 is 0. The van der Waals surface area contributed by atoms with Gasteiger partial charge < -0.3 is 14.8 Å². The van der Waals surface area contributed by atoms with Crippen molar-refractivity contribution in [2.45, 2.75) is 33.4 Å². The molecule has 26 heavy (non-hydrogen) atoms. The number of esters is 1. The van der Waals surface area contributed by atoms with Gasteiger partial charge in [-0.1, -0.05) is 50.2 Å². The number of carbonyl (C=O) groups is 2. The minimum Gasteiger partial charge on any atom is -0.489 e. The van der Waals surface area contributed by atoms with E-state index >= 15 is 0 Å². The van der Waals surface area contributed by atoms with Crippen molar-refractivity contribution in [1.29, 1.82) is 0 Å². The molecule has 0 unspecified atom stereocenters. The van der Waals surface area contributed by atoms with Crippen molar-refractivity contribution in [3.63, 3.8) is 0 Å². The first-order valence-corrected chi connectivity index (χ1v) is 8.69. The summed E-state index contributed by atoms with van der Waals surface area (Å²) in [7, 11) is 0. The fourth-order valence-corrected chi connectivity index (χ4v) is 2.19. The van der Waals surface area contributed by atoms with Gasteiger partial charge in [-0.05, 0) is 31.0 Å². The lowest BCUT2D eigenvalue weighted by atomic mass is 10.1. The molecule has 2 aromatic rings. The lowest BCUT2D eigenvalue weighted by Crippen LogP contribution is -2.38. The van der Waals surface area contributed by atoms with Crippen LogP contribution >= 0.6 is 0 Å². The molecular weight excluding hydrogens is 330 g/mol. The van der Waals surface area contributed by atoms with Crippen LogP contribution in [-0.2, 0) is 16.1 Å². The number of rotatable bonds is 8. The highest BCUT2D eigenvalue weighted by Crippen LogP contribution is 2.15. The van der Waals surface area contributed by atoms with Gasteiger partial charge in [0, 0.05) is 11.6 Å². The van der Waals surface area contributed by atoms with E-state index < -0.39 is 5.97 Å². The SMILES string of the molecule is CC(C)[C@H](C)NC(=O)COC(=O)c1ccccc1COc1ccccc1. The number of hydrogen-bond acceptors (Lipinski definition) is 4. The summed E-state index contributed by atoms with van der Waals surface area (Å²) in [5.74, 6) is 0.186. The van der Waals surface area contributed by atoms with E-state index in [0.717, 1.165) is 5.75 Å². The van der Waals surface area contributed by atoms with Crippen LogP contribution in [0.2, 0.25) is 0 Å². The Morgan fingerprint density at radius 3 is 2.31 bits per heavy atom. The maximum Gasteiger partial charge on any atom is 0.339 e. The molecule has 0 saturated heterocycles. The van der Waals surface area contributed by atoms with Gasteiger partial charge in [-0.2, -0.15) is 0 Å². The molecule has 1 amide bonds. The van der Waals surface area contributed by atoms with Crippen LogP contribution < -0.4 is 10.1 Å². The van der Waals surface area contributed by atoms with Crippen LogP contribution in [0.1, 0.15) is 36.7 Å². The van der Waals surface area contributed by atoms with Crippen molar-refractivity contribution in [3.8, 4) is 5.75 Å². The number of benzene rings is 2. The maximum absolute atomic E-state index is 12.3. The average Bonchev–Trinajstić information content (AvgIpc) is 2.65. The van der Waals surface area contributed by atoms with E-state index in [0.29, 0.717) is 17.0 Å². The van der Waals surface area contributed by atoms with E-state index in [4.69, 9.17) is 9.47 Å². The van der Waals surface area contributed by atoms with Crippen molar-refractivity contribution in [2.75, 3.05) is 6.61 Å². The Balaban J connectivity index is 1.93.